The SMILES string of the molecule is O=C(Nc1cccc2c(NC(=O)C(F)(F)C(F)(F)F)cccc12)C(F)(F)C(F)(F)F. The highest BCUT2D eigenvalue weighted by Gasteiger charge is 2.64. The monoisotopic (exact) mass is 450 g/mol. The van der Waals surface area contributed by atoms with Gasteiger partial charge in [-0.1, -0.05) is 24.3 Å². The summed E-state index contributed by atoms with van der Waals surface area (Å²) in [6.45, 7) is 0. The minimum absolute atomic E-state index is 0.322. The van der Waals surface area contributed by atoms with Crippen LogP contribution in [0.5, 0.6) is 0 Å². The minimum Gasteiger partial charge on any atom is -0.320 e. The molecule has 0 saturated carbocycles. The van der Waals surface area contributed by atoms with E-state index in [4.69, 9.17) is 0 Å². The first-order valence-corrected chi connectivity index (χ1v) is 7.54. The largest absolute Gasteiger partial charge is 0.463 e. The van der Waals surface area contributed by atoms with Crippen molar-refractivity contribution in [2.45, 2.75) is 24.2 Å². The van der Waals surface area contributed by atoms with Crippen LogP contribution in [0.3, 0.4) is 0 Å². The van der Waals surface area contributed by atoms with Crippen LogP contribution in [-0.4, -0.2) is 36.0 Å². The van der Waals surface area contributed by atoms with Crippen LogP contribution in [0.25, 0.3) is 10.8 Å². The summed E-state index contributed by atoms with van der Waals surface area (Å²) >= 11 is 0. The van der Waals surface area contributed by atoms with Gasteiger partial charge in [0, 0.05) is 22.1 Å². The molecular weight excluding hydrogens is 442 g/mol. The van der Waals surface area contributed by atoms with Gasteiger partial charge in [-0.2, -0.15) is 43.9 Å². The van der Waals surface area contributed by atoms with Gasteiger partial charge in [-0.3, -0.25) is 9.59 Å². The van der Waals surface area contributed by atoms with Crippen LogP contribution in [0.15, 0.2) is 36.4 Å². The first kappa shape index (κ1) is 23.2. The topological polar surface area (TPSA) is 58.2 Å². The highest BCUT2D eigenvalue weighted by atomic mass is 19.4. The van der Waals surface area contributed by atoms with Gasteiger partial charge in [0.1, 0.15) is 0 Å². The maximum atomic E-state index is 13.1. The molecule has 4 nitrogen and oxygen atoms in total. The second-order valence-corrected chi connectivity index (χ2v) is 5.76. The summed E-state index contributed by atoms with van der Waals surface area (Å²) in [6, 6.07) is 5.77. The Kier molecular flexibility index (Phi) is 5.67. The van der Waals surface area contributed by atoms with Gasteiger partial charge >= 0.3 is 36.0 Å². The van der Waals surface area contributed by atoms with Crippen LogP contribution >= 0.6 is 0 Å². The van der Waals surface area contributed by atoms with E-state index in [2.05, 4.69) is 0 Å². The van der Waals surface area contributed by atoms with E-state index in [1.165, 1.54) is 10.6 Å². The number of carbonyl (C=O) groups excluding carboxylic acids is 2. The molecule has 0 heterocycles. The van der Waals surface area contributed by atoms with Crippen molar-refractivity contribution in [1.82, 2.24) is 0 Å². The molecule has 0 spiro atoms. The predicted octanol–water partition coefficient (Wildman–Crippen LogP) is 5.11. The van der Waals surface area contributed by atoms with E-state index in [0.29, 0.717) is 0 Å². The van der Waals surface area contributed by atoms with Gasteiger partial charge in [-0.25, -0.2) is 0 Å². The molecule has 0 atom stereocenters. The lowest BCUT2D eigenvalue weighted by Gasteiger charge is -2.20. The summed E-state index contributed by atoms with van der Waals surface area (Å²) < 4.78 is 126. The van der Waals surface area contributed by atoms with Crippen molar-refractivity contribution in [1.29, 1.82) is 0 Å². The Balaban J connectivity index is 2.43. The average molecular weight is 450 g/mol. The third-order valence-electron chi connectivity index (χ3n) is 3.70. The van der Waals surface area contributed by atoms with E-state index in [-0.39, 0.29) is 10.8 Å². The summed E-state index contributed by atoms with van der Waals surface area (Å²) in [7, 11) is 0. The van der Waals surface area contributed by atoms with Crippen molar-refractivity contribution in [3.8, 4) is 0 Å². The average Bonchev–Trinajstić information content (AvgIpc) is 2.60. The van der Waals surface area contributed by atoms with Crippen LogP contribution in [0.1, 0.15) is 0 Å². The lowest BCUT2D eigenvalue weighted by atomic mass is 10.1. The molecule has 164 valence electrons. The van der Waals surface area contributed by atoms with E-state index >= 15 is 0 Å². The minimum atomic E-state index is -6.20. The number of halogens is 10. The van der Waals surface area contributed by atoms with Gasteiger partial charge in [0.05, 0.1) is 0 Å². The smallest absolute Gasteiger partial charge is 0.320 e. The zero-order valence-corrected chi connectivity index (χ0v) is 14.1. The van der Waals surface area contributed by atoms with E-state index in [0.717, 1.165) is 36.4 Å². The van der Waals surface area contributed by atoms with Gasteiger partial charge in [0.2, 0.25) is 0 Å². The lowest BCUT2D eigenvalue weighted by Crippen LogP contribution is -2.47. The molecule has 0 aliphatic rings. The van der Waals surface area contributed by atoms with Crippen molar-refractivity contribution < 1.29 is 53.5 Å². The Labute approximate surface area is 159 Å². The molecule has 2 aromatic carbocycles. The molecule has 0 unspecified atom stereocenters. The highest BCUT2D eigenvalue weighted by Crippen LogP contribution is 2.39. The number of nitrogens with one attached hydrogen (secondary N) is 2. The highest BCUT2D eigenvalue weighted by molar-refractivity contribution is 6.10. The molecule has 2 N–H and O–H groups in total. The van der Waals surface area contributed by atoms with Crippen LogP contribution in [0.4, 0.5) is 55.3 Å². The molecule has 2 amide bonds. The number of rotatable bonds is 4. The molecule has 14 heteroatoms. The Morgan fingerprint density at radius 1 is 0.567 bits per heavy atom. The fourth-order valence-corrected chi connectivity index (χ4v) is 2.19. The van der Waals surface area contributed by atoms with Crippen LogP contribution in [-0.2, 0) is 9.59 Å². The summed E-state index contributed by atoms with van der Waals surface area (Å²) in [5.74, 6) is -17.0. The Morgan fingerprint density at radius 3 is 1.13 bits per heavy atom. The van der Waals surface area contributed by atoms with Gasteiger partial charge in [0.15, 0.2) is 0 Å². The van der Waals surface area contributed by atoms with E-state index in [1.54, 1.807) is 0 Å². The van der Waals surface area contributed by atoms with Crippen molar-refractivity contribution in [3.63, 3.8) is 0 Å². The normalized spacial score (nSPS) is 13.3. The number of hydrogen-bond donors (Lipinski definition) is 2. The molecule has 30 heavy (non-hydrogen) atoms. The molecule has 2 aromatic rings. The quantitative estimate of drug-likeness (QED) is 0.637. The molecule has 2 rings (SSSR count). The maximum Gasteiger partial charge on any atom is 0.463 e. The Bertz CT molecular complexity index is 903. The lowest BCUT2D eigenvalue weighted by molar-refractivity contribution is -0.267. The van der Waals surface area contributed by atoms with E-state index < -0.39 is 47.4 Å². The molecule has 0 bridgehead atoms. The summed E-state index contributed by atoms with van der Waals surface area (Å²) in [5.41, 5.74) is -1.28. The van der Waals surface area contributed by atoms with Gasteiger partial charge in [0.25, 0.3) is 0 Å². The first-order chi connectivity index (χ1) is 13.5. The van der Waals surface area contributed by atoms with Crippen molar-refractivity contribution in [2.75, 3.05) is 10.6 Å². The van der Waals surface area contributed by atoms with E-state index in [1.807, 2.05) is 0 Å². The molecule has 0 aromatic heterocycles. The fourth-order valence-electron chi connectivity index (χ4n) is 2.19. The molecule has 0 saturated heterocycles. The van der Waals surface area contributed by atoms with Gasteiger partial charge in [-0.15, -0.1) is 0 Å². The Hall–Kier alpha value is -3.06. The number of fused-ring (bicyclic) bond motifs is 1. The molecule has 0 fully saturated rings. The molecular formula is C16H8F10N2O2. The number of hydrogen-bond acceptors (Lipinski definition) is 2. The number of alkyl halides is 10. The van der Waals surface area contributed by atoms with Gasteiger partial charge in [-0.05, 0) is 12.1 Å². The van der Waals surface area contributed by atoms with Crippen molar-refractivity contribution in [3.05, 3.63) is 36.4 Å². The number of carbonyl (C=O) groups is 2. The fraction of sp³-hybridized carbons (Fsp3) is 0.250. The van der Waals surface area contributed by atoms with E-state index in [9.17, 15) is 53.5 Å². The van der Waals surface area contributed by atoms with Crippen molar-refractivity contribution >= 4 is 34.0 Å². The van der Waals surface area contributed by atoms with Crippen molar-refractivity contribution in [2.24, 2.45) is 0 Å². The predicted molar refractivity (Wildman–Crippen MR) is 83.2 cm³/mol. The zero-order chi connectivity index (χ0) is 23.1. The molecule has 0 aliphatic carbocycles. The van der Waals surface area contributed by atoms with Crippen LogP contribution in [0.2, 0.25) is 0 Å². The molecule has 0 radical (unpaired) electrons. The number of benzene rings is 2. The molecule has 0 aliphatic heterocycles. The summed E-state index contributed by atoms with van der Waals surface area (Å²) in [5, 5.41) is 1.99. The standard InChI is InChI=1S/C16H8F10N2O2/c17-13(18,15(21,22)23)11(29)27-9-5-1-3-7-8(9)4-2-6-10(7)28-12(30)14(19,20)16(24,25)26/h1-6H,(H,27,29)(H,28,30). The summed E-state index contributed by atoms with van der Waals surface area (Å²) in [4.78, 5) is 22.7. The third kappa shape index (κ3) is 4.11. The first-order valence-electron chi connectivity index (χ1n) is 7.54. The zero-order valence-electron chi connectivity index (χ0n) is 14.1. The number of anilines is 2. The number of amides is 2. The summed E-state index contributed by atoms with van der Waals surface area (Å²) in [6.07, 6.45) is -12.4. The van der Waals surface area contributed by atoms with Gasteiger partial charge < -0.3 is 10.6 Å². The second kappa shape index (κ2) is 7.32. The second-order valence-electron chi connectivity index (χ2n) is 5.76. The Morgan fingerprint density at radius 2 is 0.867 bits per heavy atom. The maximum absolute atomic E-state index is 13.1. The van der Waals surface area contributed by atoms with Crippen LogP contribution < -0.4 is 10.6 Å². The van der Waals surface area contributed by atoms with Crippen LogP contribution in [0, 0.1) is 0 Å². The third-order valence-corrected chi connectivity index (χ3v) is 3.70.